The fourth-order valence-corrected chi connectivity index (χ4v) is 2.57. The molecule has 0 saturated carbocycles. The second-order valence-corrected chi connectivity index (χ2v) is 5.32. The van der Waals surface area contributed by atoms with Crippen LogP contribution < -0.4 is 10.6 Å². The summed E-state index contributed by atoms with van der Waals surface area (Å²) in [7, 11) is 0. The van der Waals surface area contributed by atoms with Gasteiger partial charge in [-0.25, -0.2) is 0 Å². The van der Waals surface area contributed by atoms with Crippen LogP contribution in [0.1, 0.15) is 18.4 Å². The van der Waals surface area contributed by atoms with E-state index in [1.807, 2.05) is 18.2 Å². The third-order valence-corrected chi connectivity index (χ3v) is 4.10. The van der Waals surface area contributed by atoms with Crippen LogP contribution in [0.4, 0.5) is 0 Å². The molecule has 2 rings (SSSR count). The second kappa shape index (κ2) is 6.60. The summed E-state index contributed by atoms with van der Waals surface area (Å²) in [4.78, 5) is 0. The molecule has 1 aromatic carbocycles. The summed E-state index contributed by atoms with van der Waals surface area (Å²) in [5, 5.41) is 8.15. The summed E-state index contributed by atoms with van der Waals surface area (Å²) in [6.07, 6.45) is 2.52. The van der Waals surface area contributed by atoms with E-state index in [4.69, 9.17) is 23.2 Å². The highest BCUT2D eigenvalue weighted by Crippen LogP contribution is 2.25. The summed E-state index contributed by atoms with van der Waals surface area (Å²) in [5.74, 6) is 0.786. The highest BCUT2D eigenvalue weighted by molar-refractivity contribution is 6.42. The largest absolute Gasteiger partial charge is 0.317 e. The Morgan fingerprint density at radius 3 is 2.76 bits per heavy atom. The minimum Gasteiger partial charge on any atom is -0.317 e. The lowest BCUT2D eigenvalue weighted by atomic mass is 9.98. The summed E-state index contributed by atoms with van der Waals surface area (Å²) >= 11 is 12.1. The van der Waals surface area contributed by atoms with Gasteiger partial charge >= 0.3 is 0 Å². The quantitative estimate of drug-likeness (QED) is 0.881. The molecule has 0 spiro atoms. The number of benzene rings is 1. The van der Waals surface area contributed by atoms with Crippen molar-refractivity contribution < 1.29 is 0 Å². The second-order valence-electron chi connectivity index (χ2n) is 4.54. The number of hydrogen-bond donors (Lipinski definition) is 2. The normalized spacial score (nSPS) is 17.3. The smallest absolute Gasteiger partial charge is 0.0637 e. The number of piperidine rings is 1. The van der Waals surface area contributed by atoms with Crippen LogP contribution in [-0.2, 0) is 6.54 Å². The lowest BCUT2D eigenvalue weighted by Gasteiger charge is -2.22. The van der Waals surface area contributed by atoms with E-state index in [1.54, 1.807) is 0 Å². The van der Waals surface area contributed by atoms with Gasteiger partial charge in [-0.1, -0.05) is 35.3 Å². The number of hydrogen-bond acceptors (Lipinski definition) is 2. The van der Waals surface area contributed by atoms with Gasteiger partial charge in [0.2, 0.25) is 0 Å². The van der Waals surface area contributed by atoms with Crippen LogP contribution in [0, 0.1) is 5.92 Å². The maximum absolute atomic E-state index is 6.13. The van der Waals surface area contributed by atoms with E-state index in [-0.39, 0.29) is 0 Å². The Morgan fingerprint density at radius 2 is 2.00 bits per heavy atom. The van der Waals surface area contributed by atoms with Gasteiger partial charge in [0.1, 0.15) is 0 Å². The minimum atomic E-state index is 0.632. The Morgan fingerprint density at radius 1 is 1.24 bits per heavy atom. The first-order valence-electron chi connectivity index (χ1n) is 6.11. The first-order chi connectivity index (χ1) is 8.27. The van der Waals surface area contributed by atoms with Gasteiger partial charge in [0, 0.05) is 6.54 Å². The van der Waals surface area contributed by atoms with Crippen molar-refractivity contribution in [2.45, 2.75) is 19.4 Å². The van der Waals surface area contributed by atoms with E-state index in [0.29, 0.717) is 10.0 Å². The molecule has 0 unspecified atom stereocenters. The zero-order valence-corrected chi connectivity index (χ0v) is 11.3. The van der Waals surface area contributed by atoms with Crippen molar-refractivity contribution in [3.8, 4) is 0 Å². The SMILES string of the molecule is Clc1cccc(CNCC2CCNCC2)c1Cl. The molecule has 0 atom stereocenters. The third kappa shape index (κ3) is 3.85. The van der Waals surface area contributed by atoms with Crippen molar-refractivity contribution in [2.75, 3.05) is 19.6 Å². The first-order valence-corrected chi connectivity index (χ1v) is 6.87. The molecule has 1 heterocycles. The molecule has 0 bridgehead atoms. The summed E-state index contributed by atoms with van der Waals surface area (Å²) in [6.45, 7) is 4.14. The Kier molecular flexibility index (Phi) is 5.11. The van der Waals surface area contributed by atoms with Crippen molar-refractivity contribution in [3.05, 3.63) is 33.8 Å². The van der Waals surface area contributed by atoms with Gasteiger partial charge in [-0.05, 0) is 50.0 Å². The van der Waals surface area contributed by atoms with Crippen molar-refractivity contribution >= 4 is 23.2 Å². The molecule has 1 aliphatic heterocycles. The van der Waals surface area contributed by atoms with Crippen molar-refractivity contribution in [1.29, 1.82) is 0 Å². The maximum Gasteiger partial charge on any atom is 0.0637 e. The minimum absolute atomic E-state index is 0.632. The van der Waals surface area contributed by atoms with Crippen LogP contribution in [0.2, 0.25) is 10.0 Å². The third-order valence-electron chi connectivity index (χ3n) is 3.24. The van der Waals surface area contributed by atoms with Gasteiger partial charge in [0.05, 0.1) is 10.0 Å². The van der Waals surface area contributed by atoms with Crippen molar-refractivity contribution in [3.63, 3.8) is 0 Å². The number of halogens is 2. The highest BCUT2D eigenvalue weighted by Gasteiger charge is 2.12. The molecule has 2 N–H and O–H groups in total. The van der Waals surface area contributed by atoms with E-state index >= 15 is 0 Å². The van der Waals surface area contributed by atoms with Crippen LogP contribution in [0.25, 0.3) is 0 Å². The molecule has 1 aliphatic rings. The van der Waals surface area contributed by atoms with E-state index in [1.165, 1.54) is 12.8 Å². The van der Waals surface area contributed by atoms with Crippen LogP contribution in [0.3, 0.4) is 0 Å². The van der Waals surface area contributed by atoms with E-state index < -0.39 is 0 Å². The molecule has 0 aromatic heterocycles. The topological polar surface area (TPSA) is 24.1 Å². The van der Waals surface area contributed by atoms with Crippen molar-refractivity contribution in [1.82, 2.24) is 10.6 Å². The predicted molar refractivity (Wildman–Crippen MR) is 73.8 cm³/mol. The number of nitrogens with one attached hydrogen (secondary N) is 2. The van der Waals surface area contributed by atoms with Gasteiger partial charge in [-0.2, -0.15) is 0 Å². The summed E-state index contributed by atoms with van der Waals surface area (Å²) < 4.78 is 0. The van der Waals surface area contributed by atoms with Gasteiger partial charge in [-0.15, -0.1) is 0 Å². The molecule has 4 heteroatoms. The summed E-state index contributed by atoms with van der Waals surface area (Å²) in [5.41, 5.74) is 1.08. The van der Waals surface area contributed by atoms with Gasteiger partial charge in [0.15, 0.2) is 0 Å². The lowest BCUT2D eigenvalue weighted by molar-refractivity contribution is 0.356. The molecule has 0 radical (unpaired) electrons. The van der Waals surface area contributed by atoms with E-state index in [9.17, 15) is 0 Å². The average Bonchev–Trinajstić information content (AvgIpc) is 2.36. The fourth-order valence-electron chi connectivity index (χ4n) is 2.18. The van der Waals surface area contributed by atoms with Crippen LogP contribution >= 0.6 is 23.2 Å². The molecule has 1 saturated heterocycles. The average molecular weight is 273 g/mol. The van der Waals surface area contributed by atoms with Gasteiger partial charge < -0.3 is 10.6 Å². The molecule has 2 nitrogen and oxygen atoms in total. The molecule has 0 amide bonds. The molecule has 0 aliphatic carbocycles. The Bertz CT molecular complexity index is 362. The van der Waals surface area contributed by atoms with Crippen LogP contribution in [0.15, 0.2) is 18.2 Å². The Balaban J connectivity index is 1.79. The van der Waals surface area contributed by atoms with Crippen LogP contribution in [-0.4, -0.2) is 19.6 Å². The molecular weight excluding hydrogens is 255 g/mol. The van der Waals surface area contributed by atoms with Gasteiger partial charge in [-0.3, -0.25) is 0 Å². The summed E-state index contributed by atoms with van der Waals surface area (Å²) in [6, 6.07) is 5.78. The standard InChI is InChI=1S/C13H18Cl2N2/c14-12-3-1-2-11(13(12)15)9-17-8-10-4-6-16-7-5-10/h1-3,10,16-17H,4-9H2. The zero-order chi connectivity index (χ0) is 12.1. The maximum atomic E-state index is 6.13. The predicted octanol–water partition coefficient (Wildman–Crippen LogP) is 3.08. The molecule has 1 fully saturated rings. The Labute approximate surface area is 113 Å². The molecule has 1 aromatic rings. The number of rotatable bonds is 4. The molecule has 94 valence electrons. The van der Waals surface area contributed by atoms with Crippen molar-refractivity contribution in [2.24, 2.45) is 5.92 Å². The lowest BCUT2D eigenvalue weighted by Crippen LogP contribution is -2.33. The monoisotopic (exact) mass is 272 g/mol. The van der Waals surface area contributed by atoms with E-state index in [0.717, 1.165) is 37.7 Å². The first kappa shape index (κ1) is 13.2. The van der Waals surface area contributed by atoms with Crippen LogP contribution in [0.5, 0.6) is 0 Å². The van der Waals surface area contributed by atoms with E-state index in [2.05, 4.69) is 10.6 Å². The highest BCUT2D eigenvalue weighted by atomic mass is 35.5. The molecule has 17 heavy (non-hydrogen) atoms. The fraction of sp³-hybridized carbons (Fsp3) is 0.538. The Hall–Kier alpha value is -0.280. The van der Waals surface area contributed by atoms with Gasteiger partial charge in [0.25, 0.3) is 0 Å². The molecular formula is C13H18Cl2N2. The zero-order valence-electron chi connectivity index (χ0n) is 9.81.